The van der Waals surface area contributed by atoms with E-state index in [4.69, 9.17) is 0 Å². The van der Waals surface area contributed by atoms with Crippen molar-refractivity contribution in [3.63, 3.8) is 0 Å². The highest BCUT2D eigenvalue weighted by atomic mass is 19.1. The molecule has 18 heavy (non-hydrogen) atoms. The normalized spacial score (nSPS) is 12.4. The molecule has 2 heteroatoms. The summed E-state index contributed by atoms with van der Waals surface area (Å²) in [5, 5.41) is 0. The van der Waals surface area contributed by atoms with Crippen LogP contribution in [0.5, 0.6) is 0 Å². The standard InChI is InChI=1S/C16H28FO/c1-3-5-7-8-9-10-11-13-16(17)15(14-18)12-6-4-2/h3-13H2,1-2H3. The molecule has 0 aromatic rings. The third-order valence-electron chi connectivity index (χ3n) is 3.23. The lowest BCUT2D eigenvalue weighted by Gasteiger charge is -2.03. The van der Waals surface area contributed by atoms with Crippen molar-refractivity contribution < 1.29 is 9.18 Å². The molecule has 0 rings (SSSR count). The fraction of sp³-hybridized carbons (Fsp3) is 0.812. The SMILES string of the molecule is CCCCCCCCCC(F)=C([C]=O)CCCC. The second-order valence-electron chi connectivity index (χ2n) is 4.96. The minimum absolute atomic E-state index is 0.230. The first-order chi connectivity index (χ1) is 8.76. The van der Waals surface area contributed by atoms with Gasteiger partial charge in [0.15, 0.2) is 0 Å². The Morgan fingerprint density at radius 1 is 0.833 bits per heavy atom. The van der Waals surface area contributed by atoms with Gasteiger partial charge in [-0.25, -0.2) is 4.39 Å². The van der Waals surface area contributed by atoms with Gasteiger partial charge in [-0.15, -0.1) is 0 Å². The van der Waals surface area contributed by atoms with Crippen LogP contribution in [0.2, 0.25) is 0 Å². The number of carbonyl (C=O) groups excluding carboxylic acids is 1. The van der Waals surface area contributed by atoms with Gasteiger partial charge >= 0.3 is 0 Å². The Kier molecular flexibility index (Phi) is 12.3. The summed E-state index contributed by atoms with van der Waals surface area (Å²) >= 11 is 0. The molecule has 0 amide bonds. The second-order valence-corrected chi connectivity index (χ2v) is 4.96. The third kappa shape index (κ3) is 9.38. The molecule has 0 aliphatic carbocycles. The van der Waals surface area contributed by atoms with E-state index in [1.54, 1.807) is 6.29 Å². The smallest absolute Gasteiger partial charge is 0.231 e. The predicted molar refractivity (Wildman–Crippen MR) is 76.0 cm³/mol. The average Bonchev–Trinajstić information content (AvgIpc) is 2.38. The van der Waals surface area contributed by atoms with Gasteiger partial charge in [-0.05, 0) is 25.7 Å². The van der Waals surface area contributed by atoms with E-state index in [2.05, 4.69) is 6.92 Å². The van der Waals surface area contributed by atoms with Gasteiger partial charge in [0.2, 0.25) is 6.29 Å². The number of allylic oxidation sites excluding steroid dienone is 2. The number of unbranched alkanes of at least 4 members (excludes halogenated alkanes) is 7. The van der Waals surface area contributed by atoms with E-state index < -0.39 is 0 Å². The zero-order valence-electron chi connectivity index (χ0n) is 12.1. The first-order valence-electron chi connectivity index (χ1n) is 7.51. The molecular weight excluding hydrogens is 227 g/mol. The predicted octanol–water partition coefficient (Wildman–Crippen LogP) is 5.65. The lowest BCUT2D eigenvalue weighted by atomic mass is 10.0. The van der Waals surface area contributed by atoms with Crippen molar-refractivity contribution in [1.82, 2.24) is 0 Å². The van der Waals surface area contributed by atoms with Crippen LogP contribution in [0.4, 0.5) is 4.39 Å². The molecule has 0 aliphatic rings. The lowest BCUT2D eigenvalue weighted by Crippen LogP contribution is -1.91. The molecule has 0 aromatic heterocycles. The Bertz CT molecular complexity index is 233. The van der Waals surface area contributed by atoms with Crippen LogP contribution in [0.3, 0.4) is 0 Å². The first kappa shape index (κ1) is 17.3. The van der Waals surface area contributed by atoms with E-state index in [1.807, 2.05) is 6.92 Å². The number of hydrogen-bond donors (Lipinski definition) is 0. The van der Waals surface area contributed by atoms with Crippen LogP contribution in [0.15, 0.2) is 11.4 Å². The van der Waals surface area contributed by atoms with Crippen LogP contribution in [-0.2, 0) is 4.79 Å². The van der Waals surface area contributed by atoms with E-state index in [9.17, 15) is 9.18 Å². The van der Waals surface area contributed by atoms with Gasteiger partial charge in [0.05, 0.1) is 0 Å². The first-order valence-corrected chi connectivity index (χ1v) is 7.51. The summed E-state index contributed by atoms with van der Waals surface area (Å²) in [4.78, 5) is 10.6. The summed E-state index contributed by atoms with van der Waals surface area (Å²) in [6.07, 6.45) is 12.8. The molecule has 0 spiro atoms. The minimum atomic E-state index is -0.230. The summed E-state index contributed by atoms with van der Waals surface area (Å²) in [5.41, 5.74) is 0.267. The Morgan fingerprint density at radius 3 is 1.94 bits per heavy atom. The van der Waals surface area contributed by atoms with Crippen LogP contribution in [0.1, 0.15) is 84.5 Å². The van der Waals surface area contributed by atoms with Gasteiger partial charge in [-0.3, -0.25) is 4.79 Å². The van der Waals surface area contributed by atoms with Crippen LogP contribution < -0.4 is 0 Å². The molecule has 0 saturated heterocycles. The number of rotatable bonds is 12. The van der Waals surface area contributed by atoms with E-state index in [0.29, 0.717) is 12.8 Å². The molecule has 0 aliphatic heterocycles. The Balaban J connectivity index is 3.68. The van der Waals surface area contributed by atoms with Crippen molar-refractivity contribution in [2.24, 2.45) is 0 Å². The maximum absolute atomic E-state index is 13.6. The van der Waals surface area contributed by atoms with Crippen molar-refractivity contribution in [3.05, 3.63) is 11.4 Å². The quantitative estimate of drug-likeness (QED) is 0.325. The maximum Gasteiger partial charge on any atom is 0.231 e. The summed E-state index contributed by atoms with van der Waals surface area (Å²) < 4.78 is 13.6. The highest BCUT2D eigenvalue weighted by Gasteiger charge is 2.06. The van der Waals surface area contributed by atoms with Crippen molar-refractivity contribution in [2.45, 2.75) is 84.5 Å². The molecule has 0 fully saturated rings. The Labute approximate surface area is 112 Å². The van der Waals surface area contributed by atoms with E-state index >= 15 is 0 Å². The largest absolute Gasteiger partial charge is 0.285 e. The van der Waals surface area contributed by atoms with E-state index in [1.165, 1.54) is 32.1 Å². The summed E-state index contributed by atoms with van der Waals surface area (Å²) in [6, 6.07) is 0. The van der Waals surface area contributed by atoms with Gasteiger partial charge in [0.25, 0.3) is 0 Å². The van der Waals surface area contributed by atoms with Gasteiger partial charge < -0.3 is 0 Å². The van der Waals surface area contributed by atoms with Crippen molar-refractivity contribution in [3.8, 4) is 0 Å². The minimum Gasteiger partial charge on any atom is -0.285 e. The average molecular weight is 255 g/mol. The zero-order chi connectivity index (χ0) is 13.6. The van der Waals surface area contributed by atoms with E-state index in [-0.39, 0.29) is 11.4 Å². The third-order valence-corrected chi connectivity index (χ3v) is 3.23. The van der Waals surface area contributed by atoms with Crippen LogP contribution in [0.25, 0.3) is 0 Å². The zero-order valence-corrected chi connectivity index (χ0v) is 12.1. The Hall–Kier alpha value is -0.660. The van der Waals surface area contributed by atoms with Gasteiger partial charge in [0.1, 0.15) is 5.83 Å². The molecule has 0 N–H and O–H groups in total. The van der Waals surface area contributed by atoms with Crippen LogP contribution in [-0.4, -0.2) is 6.29 Å². The number of hydrogen-bond acceptors (Lipinski definition) is 1. The highest BCUT2D eigenvalue weighted by molar-refractivity contribution is 5.74. The molecule has 0 saturated carbocycles. The van der Waals surface area contributed by atoms with Crippen molar-refractivity contribution >= 4 is 6.29 Å². The molecule has 1 nitrogen and oxygen atoms in total. The molecule has 0 heterocycles. The second kappa shape index (κ2) is 12.8. The number of halogens is 1. The van der Waals surface area contributed by atoms with Crippen molar-refractivity contribution in [1.29, 1.82) is 0 Å². The van der Waals surface area contributed by atoms with Gasteiger partial charge in [-0.1, -0.05) is 58.8 Å². The Morgan fingerprint density at radius 2 is 1.39 bits per heavy atom. The molecule has 0 aromatic carbocycles. The highest BCUT2D eigenvalue weighted by Crippen LogP contribution is 2.18. The molecule has 0 unspecified atom stereocenters. The topological polar surface area (TPSA) is 17.1 Å². The van der Waals surface area contributed by atoms with Gasteiger partial charge in [-0.2, -0.15) is 0 Å². The monoisotopic (exact) mass is 255 g/mol. The fourth-order valence-corrected chi connectivity index (χ4v) is 1.98. The van der Waals surface area contributed by atoms with Crippen molar-refractivity contribution in [2.75, 3.05) is 0 Å². The molecule has 0 atom stereocenters. The molecule has 105 valence electrons. The lowest BCUT2D eigenvalue weighted by molar-refractivity contribution is 0.521. The fourth-order valence-electron chi connectivity index (χ4n) is 1.98. The molecule has 0 bridgehead atoms. The summed E-state index contributed by atoms with van der Waals surface area (Å²) in [7, 11) is 0. The molecule has 1 radical (unpaired) electrons. The summed E-state index contributed by atoms with van der Waals surface area (Å²) in [5.74, 6) is -0.230. The molecular formula is C16H28FO. The van der Waals surface area contributed by atoms with Crippen LogP contribution in [0, 0.1) is 0 Å². The van der Waals surface area contributed by atoms with Gasteiger partial charge in [0, 0.05) is 5.57 Å². The van der Waals surface area contributed by atoms with E-state index in [0.717, 1.165) is 25.7 Å². The van der Waals surface area contributed by atoms with Crippen LogP contribution >= 0.6 is 0 Å². The maximum atomic E-state index is 13.6. The summed E-state index contributed by atoms with van der Waals surface area (Å²) in [6.45, 7) is 4.24.